The molecule has 2 fully saturated rings. The van der Waals surface area contributed by atoms with Crippen molar-refractivity contribution in [3.8, 4) is 0 Å². The topological polar surface area (TPSA) is 31.2 Å². The van der Waals surface area contributed by atoms with Gasteiger partial charge in [-0.3, -0.25) is 11.8 Å². The molecule has 0 aromatic carbocycles. The summed E-state index contributed by atoms with van der Waals surface area (Å²) in [7, 11) is 0. The SMILES string of the molecule is C[C@@H](CC1CC(F)(F)C1)[N-]Cl.O=CCC1CC(F)(F)C1. The first-order valence-corrected chi connectivity index (χ1v) is 7.01. The third-order valence-corrected chi connectivity index (χ3v) is 3.95. The van der Waals surface area contributed by atoms with E-state index < -0.39 is 11.8 Å². The normalized spacial score (nSPS) is 25.7. The Labute approximate surface area is 121 Å². The van der Waals surface area contributed by atoms with E-state index in [4.69, 9.17) is 11.8 Å². The van der Waals surface area contributed by atoms with E-state index in [1.54, 1.807) is 0 Å². The fourth-order valence-corrected chi connectivity index (χ4v) is 2.64. The molecule has 0 aromatic rings. The average molecular weight is 317 g/mol. The van der Waals surface area contributed by atoms with E-state index in [1.807, 2.05) is 6.92 Å². The lowest BCUT2D eigenvalue weighted by Crippen LogP contribution is -2.36. The van der Waals surface area contributed by atoms with Crippen LogP contribution in [0.4, 0.5) is 17.6 Å². The lowest BCUT2D eigenvalue weighted by atomic mass is 9.78. The van der Waals surface area contributed by atoms with Crippen molar-refractivity contribution >= 4 is 18.1 Å². The van der Waals surface area contributed by atoms with Gasteiger partial charge in [0.25, 0.3) is 0 Å². The molecule has 2 rings (SSSR count). The number of halogens is 5. The van der Waals surface area contributed by atoms with Crippen molar-refractivity contribution in [1.29, 1.82) is 0 Å². The minimum absolute atomic E-state index is 0.0118. The number of aldehydes is 1. The molecule has 0 bridgehead atoms. The predicted molar refractivity (Wildman–Crippen MR) is 69.3 cm³/mol. The van der Waals surface area contributed by atoms with Crippen LogP contribution >= 0.6 is 11.8 Å². The molecule has 2 aliphatic carbocycles. The van der Waals surface area contributed by atoms with E-state index in [0.29, 0.717) is 19.1 Å². The minimum atomic E-state index is -2.46. The summed E-state index contributed by atoms with van der Waals surface area (Å²) in [6.45, 7) is 1.84. The maximum Gasteiger partial charge on any atom is 0.248 e. The van der Waals surface area contributed by atoms with Crippen LogP contribution in [-0.2, 0) is 4.79 Å². The van der Waals surface area contributed by atoms with E-state index in [0.717, 1.165) is 0 Å². The van der Waals surface area contributed by atoms with E-state index >= 15 is 0 Å². The van der Waals surface area contributed by atoms with E-state index in [9.17, 15) is 22.4 Å². The lowest BCUT2D eigenvalue weighted by Gasteiger charge is -2.38. The van der Waals surface area contributed by atoms with Crippen molar-refractivity contribution in [2.24, 2.45) is 11.8 Å². The van der Waals surface area contributed by atoms with Crippen molar-refractivity contribution in [1.82, 2.24) is 0 Å². The summed E-state index contributed by atoms with van der Waals surface area (Å²) in [5.41, 5.74) is 0. The Balaban J connectivity index is 0.000000204. The number of carbonyl (C=O) groups excluding carboxylic acids is 1. The van der Waals surface area contributed by atoms with E-state index in [-0.39, 0.29) is 43.6 Å². The van der Waals surface area contributed by atoms with Crippen LogP contribution in [0, 0.1) is 11.8 Å². The summed E-state index contributed by atoms with van der Waals surface area (Å²) in [4.78, 5) is 13.3. The van der Waals surface area contributed by atoms with Crippen LogP contribution in [-0.4, -0.2) is 24.2 Å². The van der Waals surface area contributed by atoms with Gasteiger partial charge in [-0.1, -0.05) is 13.3 Å². The van der Waals surface area contributed by atoms with Gasteiger partial charge in [0.1, 0.15) is 6.29 Å². The van der Waals surface area contributed by atoms with Crippen LogP contribution in [0.5, 0.6) is 0 Å². The van der Waals surface area contributed by atoms with Gasteiger partial charge in [-0.25, -0.2) is 17.6 Å². The lowest BCUT2D eigenvalue weighted by molar-refractivity contribution is -0.123. The Morgan fingerprint density at radius 1 is 1.15 bits per heavy atom. The number of nitrogens with zero attached hydrogens (tertiary/aromatic N) is 1. The highest BCUT2D eigenvalue weighted by Gasteiger charge is 2.45. The van der Waals surface area contributed by atoms with Crippen molar-refractivity contribution in [2.45, 2.75) is 63.3 Å². The van der Waals surface area contributed by atoms with Crippen molar-refractivity contribution < 1.29 is 22.4 Å². The smallest absolute Gasteiger partial charge is 0.248 e. The summed E-state index contributed by atoms with van der Waals surface area (Å²) in [6.07, 6.45) is 1.56. The Morgan fingerprint density at radius 2 is 1.60 bits per heavy atom. The Kier molecular flexibility index (Phi) is 6.25. The molecule has 7 heteroatoms. The van der Waals surface area contributed by atoms with Gasteiger partial charge >= 0.3 is 0 Å². The molecule has 2 aliphatic rings. The largest absolute Gasteiger partial charge is 0.573 e. The summed E-state index contributed by atoms with van der Waals surface area (Å²) in [6, 6.07) is 0.0118. The Bertz CT molecular complexity index is 311. The van der Waals surface area contributed by atoms with Crippen LogP contribution in [0.15, 0.2) is 0 Å². The van der Waals surface area contributed by atoms with Crippen LogP contribution < -0.4 is 0 Å². The van der Waals surface area contributed by atoms with Gasteiger partial charge in [-0.05, 0) is 11.8 Å². The summed E-state index contributed by atoms with van der Waals surface area (Å²) in [5, 5.41) is 0. The van der Waals surface area contributed by atoms with Crippen LogP contribution in [0.1, 0.15) is 45.4 Å². The Hall–Kier alpha value is -0.360. The average Bonchev–Trinajstić information content (AvgIpc) is 2.25. The first-order chi connectivity index (χ1) is 9.17. The van der Waals surface area contributed by atoms with Crippen LogP contribution in [0.2, 0.25) is 0 Å². The van der Waals surface area contributed by atoms with Gasteiger partial charge in [-0.15, -0.1) is 6.04 Å². The number of carbonyl (C=O) groups is 1. The van der Waals surface area contributed by atoms with Crippen molar-refractivity contribution in [3.63, 3.8) is 0 Å². The van der Waals surface area contributed by atoms with Crippen molar-refractivity contribution in [2.75, 3.05) is 0 Å². The van der Waals surface area contributed by atoms with E-state index in [1.165, 1.54) is 0 Å². The molecule has 0 unspecified atom stereocenters. The number of hydrogen-bond donors (Lipinski definition) is 0. The maximum atomic E-state index is 12.3. The summed E-state index contributed by atoms with van der Waals surface area (Å²) in [5.74, 6) is -4.79. The molecule has 1 atom stereocenters. The van der Waals surface area contributed by atoms with Crippen LogP contribution in [0.3, 0.4) is 0 Å². The number of alkyl halides is 4. The molecular formula is C13H19ClF4NO-. The highest BCUT2D eigenvalue weighted by molar-refractivity contribution is 6.25. The molecule has 0 heterocycles. The fourth-order valence-electron chi connectivity index (χ4n) is 2.56. The molecule has 0 aliphatic heterocycles. The van der Waals surface area contributed by atoms with Gasteiger partial charge in [0.15, 0.2) is 0 Å². The fraction of sp³-hybridized carbons (Fsp3) is 0.923. The van der Waals surface area contributed by atoms with Gasteiger partial charge < -0.3 is 9.63 Å². The quantitative estimate of drug-likeness (QED) is 0.521. The molecule has 0 radical (unpaired) electrons. The zero-order valence-corrected chi connectivity index (χ0v) is 12.1. The molecular weight excluding hydrogens is 298 g/mol. The minimum Gasteiger partial charge on any atom is -0.573 e. The molecule has 2 nitrogen and oxygen atoms in total. The van der Waals surface area contributed by atoms with Gasteiger partial charge in [0, 0.05) is 32.1 Å². The van der Waals surface area contributed by atoms with E-state index in [2.05, 4.69) is 4.84 Å². The molecule has 0 N–H and O–H groups in total. The first-order valence-electron chi connectivity index (χ1n) is 6.68. The second kappa shape index (κ2) is 7.07. The number of rotatable bonds is 5. The molecule has 0 amide bonds. The van der Waals surface area contributed by atoms with Crippen molar-refractivity contribution in [3.05, 3.63) is 4.84 Å². The molecule has 2 saturated carbocycles. The molecule has 0 aromatic heterocycles. The predicted octanol–water partition coefficient (Wildman–Crippen LogP) is 4.96. The molecule has 20 heavy (non-hydrogen) atoms. The molecule has 0 spiro atoms. The van der Waals surface area contributed by atoms with Gasteiger partial charge in [0.2, 0.25) is 11.8 Å². The zero-order chi connectivity index (χ0) is 15.4. The molecule has 118 valence electrons. The summed E-state index contributed by atoms with van der Waals surface area (Å²) >= 11 is 5.19. The number of hydrogen-bond acceptors (Lipinski definition) is 1. The van der Waals surface area contributed by atoms with Crippen LogP contribution in [0.25, 0.3) is 4.84 Å². The second-order valence-corrected chi connectivity index (χ2v) is 6.04. The first kappa shape index (κ1) is 17.7. The molecule has 0 saturated heterocycles. The highest BCUT2D eigenvalue weighted by atomic mass is 35.5. The standard InChI is InChI=1S/C7H11ClF2N.C6H8F2O/c1-5(11-8)2-6-3-7(9,10)4-6;7-6(8)3-5(4-6)1-2-9/h5-6H,2-4H2,1H3;2,5H,1,3-4H2/q-1;/t5-;/m0./s1. The third kappa shape index (κ3) is 5.95. The monoisotopic (exact) mass is 316 g/mol. The Morgan fingerprint density at radius 3 is 1.95 bits per heavy atom. The maximum absolute atomic E-state index is 12.3. The van der Waals surface area contributed by atoms with Gasteiger partial charge in [-0.2, -0.15) is 0 Å². The zero-order valence-electron chi connectivity index (χ0n) is 11.3. The van der Waals surface area contributed by atoms with Gasteiger partial charge in [0.05, 0.1) is 0 Å². The summed E-state index contributed by atoms with van der Waals surface area (Å²) < 4.78 is 48.5. The third-order valence-electron chi connectivity index (χ3n) is 3.62. The highest BCUT2D eigenvalue weighted by Crippen LogP contribution is 2.45. The second-order valence-electron chi connectivity index (χ2n) is 5.85.